The molecule has 18 heavy (non-hydrogen) atoms. The molecule has 0 radical (unpaired) electrons. The number of nitrogens with zero attached hydrogens (tertiary/aromatic N) is 1. The number of carbonyl (C=O) groups is 1. The lowest BCUT2D eigenvalue weighted by Crippen LogP contribution is -2.53. The number of rotatable bonds is 6. The summed E-state index contributed by atoms with van der Waals surface area (Å²) in [4.78, 5) is 15.6. The van der Waals surface area contributed by atoms with Gasteiger partial charge in [-0.1, -0.05) is 13.0 Å². The maximum atomic E-state index is 11.7. The lowest BCUT2D eigenvalue weighted by molar-refractivity contribution is -0.119. The molecule has 5 nitrogen and oxygen atoms in total. The number of aliphatic hydroxyl groups excluding tert-OH is 2. The molecule has 0 aliphatic carbocycles. The van der Waals surface area contributed by atoms with Crippen molar-refractivity contribution in [1.29, 1.82) is 0 Å². The summed E-state index contributed by atoms with van der Waals surface area (Å²) in [5.41, 5.74) is -0.154. The Bertz CT molecular complexity index is 392. The topological polar surface area (TPSA) is 82.5 Å². The van der Waals surface area contributed by atoms with Crippen molar-refractivity contribution in [3.05, 3.63) is 36.2 Å². The third-order valence-corrected chi connectivity index (χ3v) is 2.78. The second-order valence-corrected chi connectivity index (χ2v) is 4.06. The number of hydrogen-bond acceptors (Lipinski definition) is 4. The number of aliphatic hydroxyl groups is 2. The highest BCUT2D eigenvalue weighted by Crippen LogP contribution is 2.08. The van der Waals surface area contributed by atoms with Crippen molar-refractivity contribution in [2.24, 2.45) is 0 Å². The quantitative estimate of drug-likeness (QED) is 0.636. The summed E-state index contributed by atoms with van der Waals surface area (Å²) in [6.45, 7) is 1.19. The molecule has 0 spiro atoms. The standard InChI is InChI=1S/C13H18N2O3/c1-2-13(9-16,10-17)15-12(18)6-5-11-4-3-7-14-8-11/h3-8,16-17H,2,9-10H2,1H3,(H,15,18)/b6-5+. The fraction of sp³-hybridized carbons (Fsp3) is 0.385. The maximum Gasteiger partial charge on any atom is 0.244 e. The first-order valence-corrected chi connectivity index (χ1v) is 5.78. The Morgan fingerprint density at radius 1 is 1.50 bits per heavy atom. The van der Waals surface area contributed by atoms with Gasteiger partial charge in [-0.15, -0.1) is 0 Å². The zero-order chi connectivity index (χ0) is 13.4. The Labute approximate surface area is 106 Å². The lowest BCUT2D eigenvalue weighted by Gasteiger charge is -2.28. The van der Waals surface area contributed by atoms with E-state index >= 15 is 0 Å². The van der Waals surface area contributed by atoms with E-state index < -0.39 is 5.54 Å². The molecule has 1 amide bonds. The van der Waals surface area contributed by atoms with E-state index in [1.165, 1.54) is 6.08 Å². The molecule has 0 saturated heterocycles. The van der Waals surface area contributed by atoms with Crippen LogP contribution in [0, 0.1) is 0 Å². The van der Waals surface area contributed by atoms with Crippen molar-refractivity contribution < 1.29 is 15.0 Å². The average Bonchev–Trinajstić information content (AvgIpc) is 2.44. The van der Waals surface area contributed by atoms with Gasteiger partial charge >= 0.3 is 0 Å². The third-order valence-electron chi connectivity index (χ3n) is 2.78. The molecule has 0 unspecified atom stereocenters. The average molecular weight is 250 g/mol. The summed E-state index contributed by atoms with van der Waals surface area (Å²) >= 11 is 0. The van der Waals surface area contributed by atoms with Gasteiger partial charge in [0.15, 0.2) is 0 Å². The molecule has 3 N–H and O–H groups in total. The highest BCUT2D eigenvalue weighted by atomic mass is 16.3. The number of amides is 1. The summed E-state index contributed by atoms with van der Waals surface area (Å²) in [6, 6.07) is 3.59. The van der Waals surface area contributed by atoms with Crippen molar-refractivity contribution in [2.45, 2.75) is 18.9 Å². The van der Waals surface area contributed by atoms with Crippen molar-refractivity contribution in [1.82, 2.24) is 10.3 Å². The van der Waals surface area contributed by atoms with Crippen LogP contribution in [0.15, 0.2) is 30.6 Å². The highest BCUT2D eigenvalue weighted by Gasteiger charge is 2.27. The minimum Gasteiger partial charge on any atom is -0.394 e. The van der Waals surface area contributed by atoms with Crippen molar-refractivity contribution in [3.63, 3.8) is 0 Å². The SMILES string of the molecule is CCC(CO)(CO)NC(=O)/C=C/c1cccnc1. The fourth-order valence-corrected chi connectivity index (χ4v) is 1.39. The number of nitrogens with one attached hydrogen (secondary N) is 1. The van der Waals surface area contributed by atoms with Crippen LogP contribution in [0.1, 0.15) is 18.9 Å². The minimum absolute atomic E-state index is 0.299. The molecule has 0 aliphatic rings. The van der Waals surface area contributed by atoms with Gasteiger partial charge in [-0.3, -0.25) is 9.78 Å². The van der Waals surface area contributed by atoms with Crippen molar-refractivity contribution >= 4 is 12.0 Å². The summed E-state index contributed by atoms with van der Waals surface area (Å²) < 4.78 is 0. The van der Waals surface area contributed by atoms with E-state index in [0.717, 1.165) is 5.56 Å². The molecule has 0 aliphatic heterocycles. The molecule has 0 aromatic carbocycles. The molecule has 0 atom stereocenters. The normalized spacial score (nSPS) is 11.7. The molecule has 0 saturated carbocycles. The van der Waals surface area contributed by atoms with E-state index in [4.69, 9.17) is 0 Å². The molecule has 1 aromatic rings. The van der Waals surface area contributed by atoms with Gasteiger partial charge in [0.05, 0.1) is 18.8 Å². The first-order chi connectivity index (χ1) is 8.65. The summed E-state index contributed by atoms with van der Waals surface area (Å²) in [7, 11) is 0. The summed E-state index contributed by atoms with van der Waals surface area (Å²) in [6.07, 6.45) is 6.71. The largest absolute Gasteiger partial charge is 0.394 e. The van der Waals surface area contributed by atoms with E-state index in [2.05, 4.69) is 10.3 Å². The van der Waals surface area contributed by atoms with Gasteiger partial charge in [0.1, 0.15) is 0 Å². The number of hydrogen-bond donors (Lipinski definition) is 3. The van der Waals surface area contributed by atoms with E-state index in [9.17, 15) is 15.0 Å². The summed E-state index contributed by atoms with van der Waals surface area (Å²) in [5.74, 6) is -0.358. The van der Waals surface area contributed by atoms with Gasteiger partial charge in [0, 0.05) is 18.5 Å². The van der Waals surface area contributed by atoms with Crippen molar-refractivity contribution in [3.8, 4) is 0 Å². The van der Waals surface area contributed by atoms with Gasteiger partial charge in [-0.25, -0.2) is 0 Å². The zero-order valence-electron chi connectivity index (χ0n) is 10.3. The Kier molecular flexibility index (Phi) is 5.48. The molecule has 98 valence electrons. The Morgan fingerprint density at radius 3 is 2.72 bits per heavy atom. The van der Waals surface area contributed by atoms with Crippen molar-refractivity contribution in [2.75, 3.05) is 13.2 Å². The first kappa shape index (κ1) is 14.3. The molecule has 5 heteroatoms. The molecule has 1 aromatic heterocycles. The molecular weight excluding hydrogens is 232 g/mol. The second-order valence-electron chi connectivity index (χ2n) is 4.06. The van der Waals surface area contributed by atoms with Crippen LogP contribution < -0.4 is 5.32 Å². The van der Waals surface area contributed by atoms with Gasteiger partial charge in [0.25, 0.3) is 0 Å². The van der Waals surface area contributed by atoms with Crippen LogP contribution in [0.2, 0.25) is 0 Å². The third kappa shape index (κ3) is 3.94. The van der Waals surface area contributed by atoms with Gasteiger partial charge in [-0.05, 0) is 24.1 Å². The van der Waals surface area contributed by atoms with Crippen LogP contribution >= 0.6 is 0 Å². The first-order valence-electron chi connectivity index (χ1n) is 5.78. The molecule has 0 bridgehead atoms. The minimum atomic E-state index is -0.962. The Balaban J connectivity index is 2.64. The summed E-state index contributed by atoms with van der Waals surface area (Å²) in [5, 5.41) is 21.0. The van der Waals surface area contributed by atoms with E-state index in [1.54, 1.807) is 31.5 Å². The fourth-order valence-electron chi connectivity index (χ4n) is 1.39. The smallest absolute Gasteiger partial charge is 0.244 e. The zero-order valence-corrected chi connectivity index (χ0v) is 10.3. The van der Waals surface area contributed by atoms with Gasteiger partial charge < -0.3 is 15.5 Å². The lowest BCUT2D eigenvalue weighted by atomic mass is 9.98. The monoisotopic (exact) mass is 250 g/mol. The molecular formula is C13H18N2O3. The number of aromatic nitrogens is 1. The van der Waals surface area contributed by atoms with Gasteiger partial charge in [-0.2, -0.15) is 0 Å². The van der Waals surface area contributed by atoms with Gasteiger partial charge in [0.2, 0.25) is 5.91 Å². The Hall–Kier alpha value is -1.72. The number of pyridine rings is 1. The van der Waals surface area contributed by atoms with Crippen LogP contribution in [0.25, 0.3) is 6.08 Å². The second kappa shape index (κ2) is 6.88. The van der Waals surface area contributed by atoms with E-state index in [1.807, 2.05) is 6.07 Å². The van der Waals surface area contributed by atoms with Crippen LogP contribution in [0.3, 0.4) is 0 Å². The van der Waals surface area contributed by atoms with Crippen LogP contribution in [-0.4, -0.2) is 39.9 Å². The molecule has 1 heterocycles. The van der Waals surface area contributed by atoms with Crippen LogP contribution in [-0.2, 0) is 4.79 Å². The predicted molar refractivity (Wildman–Crippen MR) is 68.6 cm³/mol. The van der Waals surface area contributed by atoms with Crippen LogP contribution in [0.5, 0.6) is 0 Å². The van der Waals surface area contributed by atoms with E-state index in [0.29, 0.717) is 6.42 Å². The van der Waals surface area contributed by atoms with Crippen LogP contribution in [0.4, 0.5) is 0 Å². The molecule has 0 fully saturated rings. The maximum absolute atomic E-state index is 11.7. The predicted octanol–water partition coefficient (Wildman–Crippen LogP) is 0.344. The Morgan fingerprint density at radius 2 is 2.22 bits per heavy atom. The van der Waals surface area contributed by atoms with E-state index in [-0.39, 0.29) is 19.1 Å². The highest BCUT2D eigenvalue weighted by molar-refractivity contribution is 5.92. The number of carbonyl (C=O) groups excluding carboxylic acids is 1. The molecule has 1 rings (SSSR count).